The van der Waals surface area contributed by atoms with Gasteiger partial charge in [0.25, 0.3) is 0 Å². The first-order valence-electron chi connectivity index (χ1n) is 9.41. The Bertz CT molecular complexity index is 641. The summed E-state index contributed by atoms with van der Waals surface area (Å²) in [5, 5.41) is 0. The summed E-state index contributed by atoms with van der Waals surface area (Å²) in [7, 11) is 0. The molecule has 1 saturated heterocycles. The van der Waals surface area contributed by atoms with Crippen LogP contribution >= 0.6 is 0 Å². The second kappa shape index (κ2) is 7.85. The standard InChI is InChI=1S/C21H28N2O2/c1-2-19(24)23-15-8-13-21(17-23)12-6-7-14-22(20(21)25)16-11-18-9-4-3-5-10-18/h3-7,9-10H,2,8,11-17H2,1H3/t21-/m0/s1. The molecule has 1 aromatic rings. The van der Waals surface area contributed by atoms with Crippen LogP contribution in [0.3, 0.4) is 0 Å². The van der Waals surface area contributed by atoms with Crippen molar-refractivity contribution in [3.63, 3.8) is 0 Å². The molecule has 0 aromatic heterocycles. The molecule has 1 spiro atoms. The number of carbonyl (C=O) groups excluding carboxylic acids is 2. The number of hydrogen-bond donors (Lipinski definition) is 0. The predicted molar refractivity (Wildman–Crippen MR) is 99.0 cm³/mol. The molecular formula is C21H28N2O2. The highest BCUT2D eigenvalue weighted by Crippen LogP contribution is 2.37. The van der Waals surface area contributed by atoms with Gasteiger partial charge in [-0.15, -0.1) is 0 Å². The number of piperidine rings is 1. The van der Waals surface area contributed by atoms with E-state index in [1.54, 1.807) is 0 Å². The molecule has 3 rings (SSSR count). The van der Waals surface area contributed by atoms with Crippen molar-refractivity contribution < 1.29 is 9.59 Å². The van der Waals surface area contributed by atoms with Gasteiger partial charge < -0.3 is 9.80 Å². The maximum atomic E-state index is 13.3. The minimum atomic E-state index is -0.424. The number of amides is 2. The first kappa shape index (κ1) is 17.7. The predicted octanol–water partition coefficient (Wildman–Crippen LogP) is 3.04. The molecule has 0 N–H and O–H groups in total. The van der Waals surface area contributed by atoms with E-state index in [4.69, 9.17) is 0 Å². The molecule has 134 valence electrons. The average Bonchev–Trinajstić information content (AvgIpc) is 2.80. The van der Waals surface area contributed by atoms with Crippen LogP contribution in [0.2, 0.25) is 0 Å². The molecule has 2 heterocycles. The van der Waals surface area contributed by atoms with E-state index in [0.29, 0.717) is 19.5 Å². The zero-order valence-corrected chi connectivity index (χ0v) is 15.1. The van der Waals surface area contributed by atoms with Crippen LogP contribution in [-0.2, 0) is 16.0 Å². The Kier molecular flexibility index (Phi) is 5.57. The summed E-state index contributed by atoms with van der Waals surface area (Å²) in [6.45, 7) is 4.66. The molecule has 0 bridgehead atoms. The lowest BCUT2D eigenvalue weighted by molar-refractivity contribution is -0.148. The van der Waals surface area contributed by atoms with Gasteiger partial charge in [-0.05, 0) is 31.2 Å². The zero-order valence-electron chi connectivity index (χ0n) is 15.1. The first-order valence-corrected chi connectivity index (χ1v) is 9.41. The summed E-state index contributed by atoms with van der Waals surface area (Å²) in [4.78, 5) is 29.4. The molecule has 4 nitrogen and oxygen atoms in total. The van der Waals surface area contributed by atoms with Gasteiger partial charge in [-0.2, -0.15) is 0 Å². The summed E-state index contributed by atoms with van der Waals surface area (Å²) in [5.74, 6) is 0.387. The molecular weight excluding hydrogens is 312 g/mol. The lowest BCUT2D eigenvalue weighted by Crippen LogP contribution is -2.54. The number of carbonyl (C=O) groups is 2. The molecule has 1 atom stereocenters. The highest BCUT2D eigenvalue weighted by molar-refractivity contribution is 5.85. The van der Waals surface area contributed by atoms with Crippen molar-refractivity contribution in [2.45, 2.75) is 39.0 Å². The Balaban J connectivity index is 1.72. The summed E-state index contributed by atoms with van der Waals surface area (Å²) in [5.41, 5.74) is 0.830. The third kappa shape index (κ3) is 3.94. The van der Waals surface area contributed by atoms with E-state index < -0.39 is 5.41 Å². The smallest absolute Gasteiger partial charge is 0.231 e. The van der Waals surface area contributed by atoms with Crippen LogP contribution in [0, 0.1) is 5.41 Å². The Morgan fingerprint density at radius 1 is 1.20 bits per heavy atom. The van der Waals surface area contributed by atoms with Crippen LogP contribution in [-0.4, -0.2) is 47.8 Å². The Morgan fingerprint density at radius 2 is 2.00 bits per heavy atom. The second-order valence-corrected chi connectivity index (χ2v) is 7.22. The lowest BCUT2D eigenvalue weighted by Gasteiger charge is -2.43. The van der Waals surface area contributed by atoms with E-state index in [0.717, 1.165) is 38.8 Å². The Morgan fingerprint density at radius 3 is 2.76 bits per heavy atom. The zero-order chi connectivity index (χ0) is 17.7. The van der Waals surface area contributed by atoms with Crippen LogP contribution in [0.1, 0.15) is 38.2 Å². The quantitative estimate of drug-likeness (QED) is 0.791. The Labute approximate surface area is 150 Å². The van der Waals surface area contributed by atoms with Crippen LogP contribution in [0.4, 0.5) is 0 Å². The van der Waals surface area contributed by atoms with Crippen LogP contribution < -0.4 is 0 Å². The Hall–Kier alpha value is -2.10. The molecule has 0 unspecified atom stereocenters. The summed E-state index contributed by atoms with van der Waals surface area (Å²) in [6.07, 6.45) is 8.18. The van der Waals surface area contributed by atoms with Crippen LogP contribution in [0.5, 0.6) is 0 Å². The van der Waals surface area contributed by atoms with Crippen molar-refractivity contribution in [3.8, 4) is 0 Å². The van der Waals surface area contributed by atoms with Gasteiger partial charge in [-0.25, -0.2) is 0 Å². The summed E-state index contributed by atoms with van der Waals surface area (Å²) in [6, 6.07) is 10.3. The number of rotatable bonds is 4. The van der Waals surface area contributed by atoms with Gasteiger partial charge in [0.15, 0.2) is 0 Å². The van der Waals surface area contributed by atoms with Gasteiger partial charge in [0, 0.05) is 32.6 Å². The maximum absolute atomic E-state index is 13.3. The maximum Gasteiger partial charge on any atom is 0.231 e. The molecule has 0 saturated carbocycles. The molecule has 2 aliphatic rings. The van der Waals surface area contributed by atoms with Crippen molar-refractivity contribution in [1.29, 1.82) is 0 Å². The number of allylic oxidation sites excluding steroid dienone is 1. The fraction of sp³-hybridized carbons (Fsp3) is 0.524. The average molecular weight is 340 g/mol. The van der Waals surface area contributed by atoms with Crippen molar-refractivity contribution in [1.82, 2.24) is 9.80 Å². The summed E-state index contributed by atoms with van der Waals surface area (Å²) < 4.78 is 0. The number of benzene rings is 1. The molecule has 1 fully saturated rings. The van der Waals surface area contributed by atoms with Crippen molar-refractivity contribution in [2.24, 2.45) is 5.41 Å². The van der Waals surface area contributed by atoms with E-state index in [9.17, 15) is 9.59 Å². The molecule has 1 aromatic carbocycles. The van der Waals surface area contributed by atoms with Gasteiger partial charge in [-0.3, -0.25) is 9.59 Å². The molecule has 0 aliphatic carbocycles. The third-order valence-electron chi connectivity index (χ3n) is 5.49. The highest BCUT2D eigenvalue weighted by Gasteiger charge is 2.44. The van der Waals surface area contributed by atoms with Gasteiger partial charge in [0.1, 0.15) is 0 Å². The lowest BCUT2D eigenvalue weighted by atomic mass is 9.76. The largest absolute Gasteiger partial charge is 0.342 e. The van der Waals surface area contributed by atoms with E-state index in [2.05, 4.69) is 24.3 Å². The highest BCUT2D eigenvalue weighted by atomic mass is 16.2. The normalized spacial score (nSPS) is 23.8. The van der Waals surface area contributed by atoms with Crippen LogP contribution in [0.25, 0.3) is 0 Å². The third-order valence-corrected chi connectivity index (χ3v) is 5.49. The van der Waals surface area contributed by atoms with E-state index in [1.807, 2.05) is 34.9 Å². The monoisotopic (exact) mass is 340 g/mol. The van der Waals surface area contributed by atoms with Gasteiger partial charge in [-0.1, -0.05) is 49.4 Å². The van der Waals surface area contributed by atoms with E-state index in [1.165, 1.54) is 5.56 Å². The van der Waals surface area contributed by atoms with Gasteiger partial charge >= 0.3 is 0 Å². The van der Waals surface area contributed by atoms with Gasteiger partial charge in [0.05, 0.1) is 5.41 Å². The second-order valence-electron chi connectivity index (χ2n) is 7.22. The number of nitrogens with zero attached hydrogens (tertiary/aromatic N) is 2. The fourth-order valence-electron chi connectivity index (χ4n) is 4.03. The van der Waals surface area contributed by atoms with E-state index in [-0.39, 0.29) is 11.8 Å². The molecule has 25 heavy (non-hydrogen) atoms. The van der Waals surface area contributed by atoms with E-state index >= 15 is 0 Å². The number of hydrogen-bond acceptors (Lipinski definition) is 2. The van der Waals surface area contributed by atoms with Crippen molar-refractivity contribution in [2.75, 3.05) is 26.2 Å². The SMILES string of the molecule is CCC(=O)N1CCC[C@@]2(CC=CCN(CCc3ccccc3)C2=O)C1. The molecule has 4 heteroatoms. The molecule has 2 amide bonds. The molecule has 2 aliphatic heterocycles. The first-order chi connectivity index (χ1) is 12.1. The number of likely N-dealkylation sites (tertiary alicyclic amines) is 1. The van der Waals surface area contributed by atoms with Crippen molar-refractivity contribution >= 4 is 11.8 Å². The minimum Gasteiger partial charge on any atom is -0.342 e. The van der Waals surface area contributed by atoms with Crippen molar-refractivity contribution in [3.05, 3.63) is 48.0 Å². The summed E-state index contributed by atoms with van der Waals surface area (Å²) >= 11 is 0. The molecule has 0 radical (unpaired) electrons. The fourth-order valence-corrected chi connectivity index (χ4v) is 4.03. The van der Waals surface area contributed by atoms with Crippen LogP contribution in [0.15, 0.2) is 42.5 Å². The van der Waals surface area contributed by atoms with Gasteiger partial charge in [0.2, 0.25) is 11.8 Å². The topological polar surface area (TPSA) is 40.6 Å². The minimum absolute atomic E-state index is 0.163.